The van der Waals surface area contributed by atoms with Crippen LogP contribution in [0, 0.1) is 0 Å². The molecule has 0 saturated heterocycles. The summed E-state index contributed by atoms with van der Waals surface area (Å²) in [4.78, 5) is 42.6. The monoisotopic (exact) mass is 371 g/mol. The lowest BCUT2D eigenvalue weighted by Gasteiger charge is -2.12. The number of benzene rings is 1. The SMILES string of the molecule is NCCCCC[P+](O)(O)CC(=O)CNCCc1cccc(C(=O)O)c1. The molecule has 0 aromatic heterocycles. The summed E-state index contributed by atoms with van der Waals surface area (Å²) < 4.78 is 0. The highest BCUT2D eigenvalue weighted by Crippen LogP contribution is 2.50. The molecule has 8 heteroatoms. The van der Waals surface area contributed by atoms with Crippen molar-refractivity contribution in [1.82, 2.24) is 5.32 Å². The average Bonchev–Trinajstić information content (AvgIpc) is 2.55. The summed E-state index contributed by atoms with van der Waals surface area (Å²) in [6, 6.07) is 6.65. The summed E-state index contributed by atoms with van der Waals surface area (Å²) in [5, 5.41) is 11.9. The van der Waals surface area contributed by atoms with Gasteiger partial charge in [-0.2, -0.15) is 0 Å². The van der Waals surface area contributed by atoms with Crippen molar-refractivity contribution < 1.29 is 24.5 Å². The first-order valence-corrected chi connectivity index (χ1v) is 10.5. The van der Waals surface area contributed by atoms with E-state index in [1.165, 1.54) is 6.07 Å². The maximum atomic E-state index is 11.8. The molecule has 0 aliphatic rings. The van der Waals surface area contributed by atoms with Crippen molar-refractivity contribution in [2.75, 3.05) is 32.0 Å². The molecule has 1 aromatic rings. The number of nitrogens with two attached hydrogens (primary N) is 1. The van der Waals surface area contributed by atoms with E-state index in [-0.39, 0.29) is 30.2 Å². The van der Waals surface area contributed by atoms with Crippen LogP contribution in [0.25, 0.3) is 0 Å². The van der Waals surface area contributed by atoms with Crippen LogP contribution in [-0.4, -0.2) is 58.6 Å². The lowest BCUT2D eigenvalue weighted by atomic mass is 10.1. The minimum Gasteiger partial charge on any atom is -0.478 e. The highest BCUT2D eigenvalue weighted by molar-refractivity contribution is 7.65. The molecule has 0 aliphatic carbocycles. The normalized spacial score (nSPS) is 11.5. The van der Waals surface area contributed by atoms with Gasteiger partial charge in [-0.05, 0) is 56.5 Å². The molecule has 0 bridgehead atoms. The zero-order valence-corrected chi connectivity index (χ0v) is 15.3. The highest BCUT2D eigenvalue weighted by Gasteiger charge is 2.35. The molecule has 0 aliphatic heterocycles. The molecule has 0 amide bonds. The van der Waals surface area contributed by atoms with Crippen LogP contribution in [0.2, 0.25) is 0 Å². The predicted octanol–water partition coefficient (Wildman–Crippen LogP) is 1.05. The molecule has 0 heterocycles. The van der Waals surface area contributed by atoms with Gasteiger partial charge in [-0.3, -0.25) is 4.79 Å². The van der Waals surface area contributed by atoms with Crippen molar-refractivity contribution in [3.05, 3.63) is 35.4 Å². The van der Waals surface area contributed by atoms with Gasteiger partial charge < -0.3 is 16.2 Å². The Kier molecular flexibility index (Phi) is 9.78. The molecule has 0 saturated carbocycles. The molecule has 140 valence electrons. The molecule has 0 fully saturated rings. The van der Waals surface area contributed by atoms with E-state index >= 15 is 0 Å². The lowest BCUT2D eigenvalue weighted by molar-refractivity contribution is -0.116. The number of carboxylic acids is 1. The Bertz CT molecular complexity index is 566. The van der Waals surface area contributed by atoms with Crippen LogP contribution in [0.5, 0.6) is 0 Å². The average molecular weight is 371 g/mol. The van der Waals surface area contributed by atoms with Crippen LogP contribution in [0.4, 0.5) is 0 Å². The van der Waals surface area contributed by atoms with Crippen molar-refractivity contribution in [2.24, 2.45) is 5.73 Å². The fraction of sp³-hybridized carbons (Fsp3) is 0.529. The standard InChI is InChI=1S/C17H27N2O5P/c18-8-2-1-3-10-25(23,24)13-16(20)12-19-9-7-14-5-4-6-15(11-14)17(21)22/h4-6,11,19,23-24H,1-3,7-10,12-13,18H2/p+1. The summed E-state index contributed by atoms with van der Waals surface area (Å²) in [6.07, 6.45) is 3.00. The molecule has 0 spiro atoms. The second-order valence-electron chi connectivity index (χ2n) is 6.08. The van der Waals surface area contributed by atoms with Gasteiger partial charge >= 0.3 is 5.97 Å². The van der Waals surface area contributed by atoms with Gasteiger partial charge in [0.05, 0.1) is 12.1 Å². The van der Waals surface area contributed by atoms with E-state index in [1.807, 2.05) is 6.07 Å². The number of ketones is 1. The lowest BCUT2D eigenvalue weighted by Crippen LogP contribution is -2.28. The smallest absolute Gasteiger partial charge is 0.335 e. The first kappa shape index (κ1) is 21.7. The summed E-state index contributed by atoms with van der Waals surface area (Å²) >= 11 is 0. The maximum absolute atomic E-state index is 11.8. The molecule has 0 radical (unpaired) electrons. The maximum Gasteiger partial charge on any atom is 0.335 e. The molecule has 7 nitrogen and oxygen atoms in total. The topological polar surface area (TPSA) is 133 Å². The number of nitrogens with one attached hydrogen (secondary N) is 1. The third-order valence-corrected chi connectivity index (χ3v) is 5.63. The first-order valence-electron chi connectivity index (χ1n) is 8.41. The molecule has 6 N–H and O–H groups in total. The van der Waals surface area contributed by atoms with Crippen LogP contribution >= 0.6 is 7.72 Å². The Morgan fingerprint density at radius 2 is 1.92 bits per heavy atom. The second-order valence-corrected chi connectivity index (χ2v) is 8.60. The van der Waals surface area contributed by atoms with Gasteiger partial charge in [0, 0.05) is 0 Å². The quantitative estimate of drug-likeness (QED) is 0.258. The Morgan fingerprint density at radius 3 is 2.60 bits per heavy atom. The van der Waals surface area contributed by atoms with Crippen LogP contribution in [0.3, 0.4) is 0 Å². The minimum atomic E-state index is -3.16. The van der Waals surface area contributed by atoms with Crippen molar-refractivity contribution in [3.8, 4) is 0 Å². The highest BCUT2D eigenvalue weighted by atomic mass is 31.2. The first-order chi connectivity index (χ1) is 11.8. The van der Waals surface area contributed by atoms with E-state index in [1.54, 1.807) is 12.1 Å². The fourth-order valence-electron chi connectivity index (χ4n) is 2.42. The van der Waals surface area contributed by atoms with E-state index < -0.39 is 13.7 Å². The number of Topliss-reactive ketones (excluding diaryl/α,β-unsaturated/α-hetero) is 1. The molecule has 1 rings (SSSR count). The Hall–Kier alpha value is -1.37. The van der Waals surface area contributed by atoms with Crippen molar-refractivity contribution in [3.63, 3.8) is 0 Å². The van der Waals surface area contributed by atoms with Gasteiger partial charge in [0.15, 0.2) is 11.9 Å². The summed E-state index contributed by atoms with van der Waals surface area (Å²) in [5.41, 5.74) is 6.49. The largest absolute Gasteiger partial charge is 0.478 e. The number of rotatable bonds is 13. The van der Waals surface area contributed by atoms with E-state index in [4.69, 9.17) is 10.8 Å². The third kappa shape index (κ3) is 9.63. The van der Waals surface area contributed by atoms with E-state index in [0.717, 1.165) is 18.4 Å². The van der Waals surface area contributed by atoms with Gasteiger partial charge in [-0.1, -0.05) is 12.1 Å². The Balaban J connectivity index is 2.25. The number of carboxylic acid groups (broad SMARTS) is 1. The van der Waals surface area contributed by atoms with Crippen molar-refractivity contribution in [1.29, 1.82) is 0 Å². The summed E-state index contributed by atoms with van der Waals surface area (Å²) in [6.45, 7) is 1.17. The second kappa shape index (κ2) is 11.3. The third-order valence-electron chi connectivity index (χ3n) is 3.74. The van der Waals surface area contributed by atoms with Crippen LogP contribution in [0.1, 0.15) is 35.2 Å². The number of aromatic carboxylic acids is 1. The molecule has 0 atom stereocenters. The van der Waals surface area contributed by atoms with Gasteiger partial charge in [0.25, 0.3) is 7.72 Å². The number of hydrogen-bond acceptors (Lipinski definition) is 6. The zero-order valence-electron chi connectivity index (χ0n) is 14.4. The fourth-order valence-corrected chi connectivity index (χ4v) is 3.99. The van der Waals surface area contributed by atoms with Crippen molar-refractivity contribution in [2.45, 2.75) is 25.7 Å². The molecule has 1 aromatic carbocycles. The zero-order chi connectivity index (χ0) is 18.7. The van der Waals surface area contributed by atoms with Crippen LogP contribution < -0.4 is 11.1 Å². The van der Waals surface area contributed by atoms with E-state index in [0.29, 0.717) is 25.9 Å². The molecule has 25 heavy (non-hydrogen) atoms. The number of hydrogen-bond donors (Lipinski definition) is 5. The van der Waals surface area contributed by atoms with Gasteiger partial charge in [0.1, 0.15) is 6.16 Å². The van der Waals surface area contributed by atoms with E-state index in [9.17, 15) is 19.4 Å². The van der Waals surface area contributed by atoms with Crippen molar-refractivity contribution >= 4 is 19.5 Å². The van der Waals surface area contributed by atoms with Gasteiger partial charge in [-0.25, -0.2) is 14.6 Å². The minimum absolute atomic E-state index is 0.0737. The van der Waals surface area contributed by atoms with E-state index in [2.05, 4.69) is 5.32 Å². The molecular weight excluding hydrogens is 343 g/mol. The Morgan fingerprint density at radius 1 is 1.16 bits per heavy atom. The Labute approximate surface area is 148 Å². The summed E-state index contributed by atoms with van der Waals surface area (Å²) in [7, 11) is -3.16. The van der Waals surface area contributed by atoms with Gasteiger partial charge in [-0.15, -0.1) is 0 Å². The molecular formula is C17H28N2O5P+. The number of unbranched alkanes of at least 4 members (excludes halogenated alkanes) is 2. The summed E-state index contributed by atoms with van der Waals surface area (Å²) in [5.74, 6) is -1.20. The van der Waals surface area contributed by atoms with Gasteiger partial charge in [0.2, 0.25) is 0 Å². The number of carbonyl (C=O) groups excluding carboxylic acids is 1. The number of carbonyl (C=O) groups is 2. The van der Waals surface area contributed by atoms with Crippen LogP contribution in [-0.2, 0) is 11.2 Å². The molecule has 0 unspecified atom stereocenters. The predicted molar refractivity (Wildman–Crippen MR) is 99.0 cm³/mol. The van der Waals surface area contributed by atoms with Crippen LogP contribution in [0.15, 0.2) is 24.3 Å².